The van der Waals surface area contributed by atoms with Crippen LogP contribution in [0.15, 0.2) is 36.4 Å². The predicted molar refractivity (Wildman–Crippen MR) is 76.3 cm³/mol. The van der Waals surface area contributed by atoms with Gasteiger partial charge in [0.2, 0.25) is 0 Å². The van der Waals surface area contributed by atoms with Gasteiger partial charge in [0, 0.05) is 18.3 Å². The monoisotopic (exact) mass is 274 g/mol. The molecule has 0 radical (unpaired) electrons. The van der Waals surface area contributed by atoms with Crippen LogP contribution in [0.5, 0.6) is 0 Å². The van der Waals surface area contributed by atoms with Crippen LogP contribution >= 0.6 is 0 Å². The van der Waals surface area contributed by atoms with Crippen molar-refractivity contribution >= 4 is 11.4 Å². The molecule has 0 aromatic heterocycles. The van der Waals surface area contributed by atoms with Crippen molar-refractivity contribution in [2.45, 2.75) is 20.4 Å². The van der Waals surface area contributed by atoms with E-state index in [-0.39, 0.29) is 5.69 Å². The average Bonchev–Trinajstić information content (AvgIpc) is 2.37. The van der Waals surface area contributed by atoms with Gasteiger partial charge in [0.1, 0.15) is 5.82 Å². The first-order valence-corrected chi connectivity index (χ1v) is 6.20. The van der Waals surface area contributed by atoms with Gasteiger partial charge in [-0.05, 0) is 37.1 Å². The molecular formula is C15H15FN2O2. The maximum atomic E-state index is 13.3. The number of anilines is 1. The van der Waals surface area contributed by atoms with E-state index in [1.54, 1.807) is 0 Å². The standard InChI is InChI=1S/C15H15FN2O2/c1-10-3-4-15(11(2)5-10)17-9-12-6-13(16)8-14(7-12)18(19)20/h3-8,17H,9H2,1-2H3. The van der Waals surface area contributed by atoms with Crippen LogP contribution in [-0.2, 0) is 6.54 Å². The Bertz CT molecular complexity index is 656. The molecule has 0 heterocycles. The van der Waals surface area contributed by atoms with Crippen molar-refractivity contribution in [3.05, 3.63) is 69.0 Å². The minimum absolute atomic E-state index is 0.234. The van der Waals surface area contributed by atoms with Gasteiger partial charge in [-0.2, -0.15) is 0 Å². The molecule has 1 N–H and O–H groups in total. The number of hydrogen-bond acceptors (Lipinski definition) is 3. The smallest absolute Gasteiger partial charge is 0.272 e. The number of nitro groups is 1. The van der Waals surface area contributed by atoms with Gasteiger partial charge in [-0.1, -0.05) is 17.7 Å². The van der Waals surface area contributed by atoms with E-state index in [9.17, 15) is 14.5 Å². The molecule has 4 nitrogen and oxygen atoms in total. The summed E-state index contributed by atoms with van der Waals surface area (Å²) in [5.74, 6) is -0.600. The van der Waals surface area contributed by atoms with E-state index in [2.05, 4.69) is 5.32 Å². The Hall–Kier alpha value is -2.43. The molecule has 0 aliphatic carbocycles. The summed E-state index contributed by atoms with van der Waals surface area (Å²) >= 11 is 0. The van der Waals surface area contributed by atoms with Crippen LogP contribution < -0.4 is 5.32 Å². The van der Waals surface area contributed by atoms with Gasteiger partial charge in [-0.15, -0.1) is 0 Å². The number of nitrogens with zero attached hydrogens (tertiary/aromatic N) is 1. The first-order valence-electron chi connectivity index (χ1n) is 6.20. The Morgan fingerprint density at radius 2 is 1.95 bits per heavy atom. The van der Waals surface area contributed by atoms with Crippen molar-refractivity contribution in [2.24, 2.45) is 0 Å². The molecule has 0 aliphatic heterocycles. The van der Waals surface area contributed by atoms with Crippen molar-refractivity contribution in [3.63, 3.8) is 0 Å². The SMILES string of the molecule is Cc1ccc(NCc2cc(F)cc([N+](=O)[O-])c2)c(C)c1. The third kappa shape index (κ3) is 3.32. The highest BCUT2D eigenvalue weighted by atomic mass is 19.1. The number of nitro benzene ring substituents is 1. The fraction of sp³-hybridized carbons (Fsp3) is 0.200. The average molecular weight is 274 g/mol. The number of benzene rings is 2. The molecule has 0 aliphatic rings. The third-order valence-electron chi connectivity index (χ3n) is 3.02. The highest BCUT2D eigenvalue weighted by molar-refractivity contribution is 5.52. The number of rotatable bonds is 4. The van der Waals surface area contributed by atoms with E-state index in [1.165, 1.54) is 12.1 Å². The second-order valence-corrected chi connectivity index (χ2v) is 4.75. The Morgan fingerprint density at radius 1 is 1.20 bits per heavy atom. The number of aryl methyl sites for hydroxylation is 2. The maximum Gasteiger partial charge on any atom is 0.272 e. The molecule has 20 heavy (non-hydrogen) atoms. The van der Waals surface area contributed by atoms with Gasteiger partial charge in [0.25, 0.3) is 5.69 Å². The molecule has 2 rings (SSSR count). The summed E-state index contributed by atoms with van der Waals surface area (Å²) in [7, 11) is 0. The first kappa shape index (κ1) is 14.0. The zero-order valence-corrected chi connectivity index (χ0v) is 11.3. The summed E-state index contributed by atoms with van der Waals surface area (Å²) < 4.78 is 13.3. The lowest BCUT2D eigenvalue weighted by atomic mass is 10.1. The van der Waals surface area contributed by atoms with Crippen molar-refractivity contribution < 1.29 is 9.31 Å². The van der Waals surface area contributed by atoms with E-state index in [0.717, 1.165) is 22.9 Å². The summed E-state index contributed by atoms with van der Waals surface area (Å²) in [6.07, 6.45) is 0. The molecule has 0 bridgehead atoms. The van der Waals surface area contributed by atoms with Crippen LogP contribution in [0.2, 0.25) is 0 Å². The van der Waals surface area contributed by atoms with Gasteiger partial charge < -0.3 is 5.32 Å². The minimum atomic E-state index is -0.600. The number of hydrogen-bond donors (Lipinski definition) is 1. The number of nitrogens with one attached hydrogen (secondary N) is 1. The van der Waals surface area contributed by atoms with Gasteiger partial charge in [-0.25, -0.2) is 4.39 Å². The summed E-state index contributed by atoms with van der Waals surface area (Å²) in [6, 6.07) is 9.54. The molecule has 0 spiro atoms. The Kier molecular flexibility index (Phi) is 3.98. The minimum Gasteiger partial charge on any atom is -0.381 e. The number of halogens is 1. The summed E-state index contributed by atoms with van der Waals surface area (Å²) in [5, 5.41) is 13.9. The molecule has 0 fully saturated rings. The van der Waals surface area contributed by atoms with Gasteiger partial charge in [0.15, 0.2) is 0 Å². The van der Waals surface area contributed by atoms with E-state index >= 15 is 0 Å². The van der Waals surface area contributed by atoms with E-state index in [4.69, 9.17) is 0 Å². The lowest BCUT2D eigenvalue weighted by Gasteiger charge is -2.10. The van der Waals surface area contributed by atoms with Gasteiger partial charge in [0.05, 0.1) is 11.0 Å². The van der Waals surface area contributed by atoms with Crippen molar-refractivity contribution in [2.75, 3.05) is 5.32 Å². The summed E-state index contributed by atoms with van der Waals surface area (Å²) in [5.41, 5.74) is 3.48. The third-order valence-corrected chi connectivity index (χ3v) is 3.02. The predicted octanol–water partition coefficient (Wildman–Crippen LogP) is 3.96. The van der Waals surface area contributed by atoms with E-state index in [1.807, 2.05) is 32.0 Å². The van der Waals surface area contributed by atoms with Gasteiger partial charge >= 0.3 is 0 Å². The summed E-state index contributed by atoms with van der Waals surface area (Å²) in [6.45, 7) is 4.32. The lowest BCUT2D eigenvalue weighted by Crippen LogP contribution is -2.02. The second kappa shape index (κ2) is 5.69. The fourth-order valence-corrected chi connectivity index (χ4v) is 2.05. The Morgan fingerprint density at radius 3 is 2.60 bits per heavy atom. The van der Waals surface area contributed by atoms with Crippen LogP contribution in [0.1, 0.15) is 16.7 Å². The molecule has 2 aromatic carbocycles. The fourth-order valence-electron chi connectivity index (χ4n) is 2.05. The zero-order valence-electron chi connectivity index (χ0n) is 11.3. The van der Waals surface area contributed by atoms with Crippen LogP contribution in [0.3, 0.4) is 0 Å². The Balaban J connectivity index is 2.16. The maximum absolute atomic E-state index is 13.3. The van der Waals surface area contributed by atoms with E-state index < -0.39 is 10.7 Å². The van der Waals surface area contributed by atoms with Crippen LogP contribution in [0.25, 0.3) is 0 Å². The van der Waals surface area contributed by atoms with Crippen LogP contribution in [0.4, 0.5) is 15.8 Å². The molecular weight excluding hydrogens is 259 g/mol. The lowest BCUT2D eigenvalue weighted by molar-refractivity contribution is -0.385. The van der Waals surface area contributed by atoms with Crippen LogP contribution in [-0.4, -0.2) is 4.92 Å². The van der Waals surface area contributed by atoms with Crippen LogP contribution in [0, 0.1) is 29.8 Å². The van der Waals surface area contributed by atoms with E-state index in [0.29, 0.717) is 12.1 Å². The van der Waals surface area contributed by atoms with Crippen molar-refractivity contribution in [1.82, 2.24) is 0 Å². The molecule has 0 amide bonds. The molecule has 0 atom stereocenters. The highest BCUT2D eigenvalue weighted by Crippen LogP contribution is 2.20. The molecule has 2 aromatic rings. The second-order valence-electron chi connectivity index (χ2n) is 4.75. The first-order chi connectivity index (χ1) is 9.45. The molecule has 0 saturated carbocycles. The molecule has 0 saturated heterocycles. The van der Waals surface area contributed by atoms with Crippen molar-refractivity contribution in [1.29, 1.82) is 0 Å². The number of non-ortho nitro benzene ring substituents is 1. The summed E-state index contributed by atoms with van der Waals surface area (Å²) in [4.78, 5) is 10.1. The zero-order chi connectivity index (χ0) is 14.7. The highest BCUT2D eigenvalue weighted by Gasteiger charge is 2.09. The van der Waals surface area contributed by atoms with Crippen molar-refractivity contribution in [3.8, 4) is 0 Å². The molecule has 104 valence electrons. The largest absolute Gasteiger partial charge is 0.381 e. The Labute approximate surface area is 116 Å². The topological polar surface area (TPSA) is 55.2 Å². The van der Waals surface area contributed by atoms with Gasteiger partial charge in [-0.3, -0.25) is 10.1 Å². The molecule has 0 unspecified atom stereocenters. The molecule has 5 heteroatoms. The normalized spacial score (nSPS) is 10.3. The quantitative estimate of drug-likeness (QED) is 0.678.